The minimum absolute atomic E-state index is 0.104. The van der Waals surface area contributed by atoms with E-state index in [2.05, 4.69) is 20.8 Å². The van der Waals surface area contributed by atoms with E-state index in [1.807, 2.05) is 38.1 Å². The number of hydrogen-bond donors (Lipinski definition) is 1. The molecular weight excluding hydrogens is 288 g/mol. The van der Waals surface area contributed by atoms with Crippen molar-refractivity contribution in [3.8, 4) is 0 Å². The summed E-state index contributed by atoms with van der Waals surface area (Å²) in [5.74, 6) is -0.396. The molecule has 23 heavy (non-hydrogen) atoms. The zero-order valence-corrected chi connectivity index (χ0v) is 14.6. The molecule has 0 fully saturated rings. The summed E-state index contributed by atoms with van der Waals surface area (Å²) in [6.45, 7) is 10.5. The Labute approximate surface area is 138 Å². The quantitative estimate of drug-likeness (QED) is 0.830. The zero-order chi connectivity index (χ0) is 16.8. The lowest BCUT2D eigenvalue weighted by molar-refractivity contribution is -0.154. The monoisotopic (exact) mass is 314 g/mol. The van der Waals surface area contributed by atoms with Crippen molar-refractivity contribution in [2.75, 3.05) is 0 Å². The molecule has 1 aliphatic heterocycles. The lowest BCUT2D eigenvalue weighted by atomic mass is 9.75. The molecular formula is C20H26O3. The number of ether oxygens (including phenoxy) is 2. The molecule has 3 atom stereocenters. The predicted molar refractivity (Wildman–Crippen MR) is 90.3 cm³/mol. The Kier molecular flexibility index (Phi) is 3.80. The summed E-state index contributed by atoms with van der Waals surface area (Å²) in [4.78, 5) is 0. The molecule has 0 amide bonds. The molecule has 0 saturated heterocycles. The molecule has 0 bridgehead atoms. The summed E-state index contributed by atoms with van der Waals surface area (Å²) in [6.07, 6.45) is 3.83. The third-order valence-electron chi connectivity index (χ3n) is 6.04. The van der Waals surface area contributed by atoms with E-state index in [0.717, 1.165) is 16.7 Å². The normalized spacial score (nSPS) is 32.1. The highest BCUT2D eigenvalue weighted by molar-refractivity contribution is 5.46. The van der Waals surface area contributed by atoms with Gasteiger partial charge in [0.25, 0.3) is 5.79 Å². The second-order valence-electron chi connectivity index (χ2n) is 6.81. The molecule has 0 spiro atoms. The maximum atomic E-state index is 11.7. The van der Waals surface area contributed by atoms with Crippen LogP contribution in [0.15, 0.2) is 47.9 Å². The van der Waals surface area contributed by atoms with E-state index in [4.69, 9.17) is 9.47 Å². The minimum atomic E-state index is -0.989. The molecule has 3 rings (SSSR count). The molecule has 1 heterocycles. The maximum absolute atomic E-state index is 11.7. The largest absolute Gasteiger partial charge is 0.453 e. The minimum Gasteiger partial charge on any atom is -0.453 e. The van der Waals surface area contributed by atoms with Crippen molar-refractivity contribution in [3.05, 3.63) is 59.1 Å². The van der Waals surface area contributed by atoms with Crippen molar-refractivity contribution in [1.82, 2.24) is 0 Å². The van der Waals surface area contributed by atoms with Gasteiger partial charge in [-0.2, -0.15) is 0 Å². The van der Waals surface area contributed by atoms with Crippen LogP contribution in [0.4, 0.5) is 0 Å². The van der Waals surface area contributed by atoms with Gasteiger partial charge in [-0.25, -0.2) is 0 Å². The van der Waals surface area contributed by atoms with Gasteiger partial charge in [0.15, 0.2) is 0 Å². The third-order valence-corrected chi connectivity index (χ3v) is 6.04. The van der Waals surface area contributed by atoms with Gasteiger partial charge in [-0.15, -0.1) is 0 Å². The van der Waals surface area contributed by atoms with E-state index in [1.165, 1.54) is 5.57 Å². The van der Waals surface area contributed by atoms with Gasteiger partial charge < -0.3 is 14.6 Å². The predicted octanol–water partition coefficient (Wildman–Crippen LogP) is 4.58. The summed E-state index contributed by atoms with van der Waals surface area (Å²) in [5, 5.41) is 11.7. The standard InChI is InChI=1S/C20H26O3/c1-6-19(22-11-12-23-19)17-9-7-8-10-18(17)20(21)15(4)13(2)14(3)16(20)5/h7-13,15,21H,6H2,1-5H3. The van der Waals surface area contributed by atoms with Crippen molar-refractivity contribution in [3.63, 3.8) is 0 Å². The Morgan fingerprint density at radius 1 is 1.04 bits per heavy atom. The van der Waals surface area contributed by atoms with Crippen molar-refractivity contribution in [2.45, 2.75) is 52.4 Å². The van der Waals surface area contributed by atoms with Gasteiger partial charge in [0, 0.05) is 12.0 Å². The molecule has 3 nitrogen and oxygen atoms in total. The highest BCUT2D eigenvalue weighted by Crippen LogP contribution is 2.53. The van der Waals surface area contributed by atoms with Crippen LogP contribution in [0, 0.1) is 11.8 Å². The molecule has 1 aromatic carbocycles. The highest BCUT2D eigenvalue weighted by Gasteiger charge is 2.51. The van der Waals surface area contributed by atoms with Crippen LogP contribution in [0.2, 0.25) is 0 Å². The number of rotatable bonds is 3. The third kappa shape index (κ3) is 2.06. The van der Waals surface area contributed by atoms with Crippen molar-refractivity contribution >= 4 is 0 Å². The number of aliphatic hydroxyl groups is 1. The Balaban J connectivity index is 2.19. The molecule has 1 N–H and O–H groups in total. The first-order valence-electron chi connectivity index (χ1n) is 8.39. The van der Waals surface area contributed by atoms with Gasteiger partial charge in [0.05, 0.1) is 0 Å². The molecule has 0 saturated carbocycles. The van der Waals surface area contributed by atoms with Crippen LogP contribution in [0.3, 0.4) is 0 Å². The van der Waals surface area contributed by atoms with Crippen molar-refractivity contribution in [1.29, 1.82) is 0 Å². The van der Waals surface area contributed by atoms with Gasteiger partial charge >= 0.3 is 0 Å². The molecule has 124 valence electrons. The average Bonchev–Trinajstić information content (AvgIpc) is 3.12. The van der Waals surface area contributed by atoms with Gasteiger partial charge in [-0.1, -0.05) is 50.6 Å². The fourth-order valence-corrected chi connectivity index (χ4v) is 4.10. The number of benzene rings is 1. The lowest BCUT2D eigenvalue weighted by Crippen LogP contribution is -2.38. The fraction of sp³-hybridized carbons (Fsp3) is 0.500. The van der Waals surface area contributed by atoms with E-state index in [1.54, 1.807) is 12.5 Å². The van der Waals surface area contributed by atoms with Crippen LogP contribution in [-0.4, -0.2) is 5.11 Å². The Hall–Kier alpha value is -1.74. The second-order valence-corrected chi connectivity index (χ2v) is 6.81. The second kappa shape index (κ2) is 5.41. The molecule has 0 aromatic heterocycles. The Morgan fingerprint density at radius 3 is 2.09 bits per heavy atom. The molecule has 3 unspecified atom stereocenters. The SMILES string of the molecule is CCC1(c2ccccc2C2(O)C(C)=C(C)C(C)C2C)OC=CO1. The first-order chi connectivity index (χ1) is 10.9. The van der Waals surface area contributed by atoms with Crippen LogP contribution in [0.25, 0.3) is 0 Å². The maximum Gasteiger partial charge on any atom is 0.276 e. The van der Waals surface area contributed by atoms with Crippen molar-refractivity contribution in [2.24, 2.45) is 11.8 Å². The highest BCUT2D eigenvalue weighted by atomic mass is 16.7. The lowest BCUT2D eigenvalue weighted by Gasteiger charge is -2.37. The van der Waals surface area contributed by atoms with E-state index in [-0.39, 0.29) is 5.92 Å². The molecule has 0 radical (unpaired) electrons. The van der Waals surface area contributed by atoms with Gasteiger partial charge in [-0.3, -0.25) is 0 Å². The summed E-state index contributed by atoms with van der Waals surface area (Å²) in [6, 6.07) is 7.95. The molecule has 1 aromatic rings. The van der Waals surface area contributed by atoms with Crippen LogP contribution in [-0.2, 0) is 20.9 Å². The summed E-state index contributed by atoms with van der Waals surface area (Å²) >= 11 is 0. The van der Waals surface area contributed by atoms with Crippen LogP contribution < -0.4 is 0 Å². The molecule has 3 heteroatoms. The van der Waals surface area contributed by atoms with Gasteiger partial charge in [0.2, 0.25) is 0 Å². The first-order valence-corrected chi connectivity index (χ1v) is 8.39. The van der Waals surface area contributed by atoms with Crippen molar-refractivity contribution < 1.29 is 14.6 Å². The molecule has 1 aliphatic carbocycles. The average molecular weight is 314 g/mol. The number of allylic oxidation sites excluding steroid dienone is 1. The Bertz CT molecular complexity index is 665. The zero-order valence-electron chi connectivity index (χ0n) is 14.6. The first kappa shape index (κ1) is 16.1. The topological polar surface area (TPSA) is 38.7 Å². The summed E-state index contributed by atoms with van der Waals surface area (Å²) in [7, 11) is 0. The van der Waals surface area contributed by atoms with Crippen LogP contribution in [0.1, 0.15) is 52.2 Å². The van der Waals surface area contributed by atoms with E-state index in [9.17, 15) is 5.11 Å². The Morgan fingerprint density at radius 2 is 1.61 bits per heavy atom. The van der Waals surface area contributed by atoms with Crippen LogP contribution >= 0.6 is 0 Å². The summed E-state index contributed by atoms with van der Waals surface area (Å²) in [5.41, 5.74) is 3.12. The van der Waals surface area contributed by atoms with Gasteiger partial charge in [-0.05, 0) is 36.8 Å². The van der Waals surface area contributed by atoms with Gasteiger partial charge in [0.1, 0.15) is 18.1 Å². The van der Waals surface area contributed by atoms with Crippen LogP contribution in [0.5, 0.6) is 0 Å². The summed E-state index contributed by atoms with van der Waals surface area (Å²) < 4.78 is 11.6. The van der Waals surface area contributed by atoms with E-state index in [0.29, 0.717) is 12.3 Å². The van der Waals surface area contributed by atoms with E-state index < -0.39 is 11.4 Å². The fourth-order valence-electron chi connectivity index (χ4n) is 4.10. The van der Waals surface area contributed by atoms with E-state index >= 15 is 0 Å². The smallest absolute Gasteiger partial charge is 0.276 e. The number of hydrogen-bond acceptors (Lipinski definition) is 3. The molecule has 2 aliphatic rings.